The molecule has 0 bridgehead atoms. The van der Waals surface area contributed by atoms with Crippen LogP contribution >= 0.6 is 0 Å². The van der Waals surface area contributed by atoms with Crippen LogP contribution in [0.4, 0.5) is 0 Å². The van der Waals surface area contributed by atoms with E-state index >= 15 is 0 Å². The number of nitrogens with one attached hydrogen (secondary N) is 1. The third kappa shape index (κ3) is 2.14. The average molecular weight is 342 g/mol. The van der Waals surface area contributed by atoms with Crippen LogP contribution in [-0.2, 0) is 0 Å². The lowest BCUT2D eigenvalue weighted by molar-refractivity contribution is 0.994. The summed E-state index contributed by atoms with van der Waals surface area (Å²) in [5, 5.41) is 0. The van der Waals surface area contributed by atoms with Gasteiger partial charge in [-0.3, -0.25) is 4.40 Å². The summed E-state index contributed by atoms with van der Waals surface area (Å²) < 4.78 is 3.49. The zero-order chi connectivity index (χ0) is 17.7. The predicted octanol–water partition coefficient (Wildman–Crippen LogP) is 2.73. The van der Waals surface area contributed by atoms with Crippen molar-refractivity contribution in [3.05, 3.63) is 77.1 Å². The number of pyridine rings is 1. The van der Waals surface area contributed by atoms with Gasteiger partial charge in [-0.2, -0.15) is 0 Å². The SMILES string of the molecule is Cc1cccc(-n2c(=O)[nH]c3cnc(-c4cnc5ccccn45)nc32)c1. The molecule has 0 fully saturated rings. The highest BCUT2D eigenvalue weighted by molar-refractivity contribution is 5.74. The summed E-state index contributed by atoms with van der Waals surface area (Å²) in [6.07, 6.45) is 5.28. The van der Waals surface area contributed by atoms with Crippen molar-refractivity contribution in [2.24, 2.45) is 0 Å². The van der Waals surface area contributed by atoms with Crippen LogP contribution in [0.2, 0.25) is 0 Å². The molecule has 0 saturated heterocycles. The van der Waals surface area contributed by atoms with E-state index in [1.54, 1.807) is 17.0 Å². The van der Waals surface area contributed by atoms with E-state index in [0.717, 1.165) is 22.6 Å². The lowest BCUT2D eigenvalue weighted by atomic mass is 10.2. The Labute approximate surface area is 147 Å². The van der Waals surface area contributed by atoms with Gasteiger partial charge in [-0.05, 0) is 36.8 Å². The average Bonchev–Trinajstić information content (AvgIpc) is 3.21. The molecule has 4 aromatic heterocycles. The zero-order valence-electron chi connectivity index (χ0n) is 13.9. The molecule has 0 unspecified atom stereocenters. The van der Waals surface area contributed by atoms with Gasteiger partial charge in [-0.1, -0.05) is 18.2 Å². The van der Waals surface area contributed by atoms with Crippen LogP contribution < -0.4 is 5.69 Å². The van der Waals surface area contributed by atoms with E-state index in [4.69, 9.17) is 0 Å². The minimum absolute atomic E-state index is 0.241. The van der Waals surface area contributed by atoms with Crippen molar-refractivity contribution in [2.45, 2.75) is 6.92 Å². The standard InChI is InChI=1S/C19H14N6O/c1-12-5-4-6-13(9-12)25-18-14(22-19(25)26)10-21-17(23-18)15-11-20-16-7-2-3-8-24(15)16/h2-11H,1H3,(H,22,26). The molecular formula is C19H14N6O. The summed E-state index contributed by atoms with van der Waals surface area (Å²) in [5.74, 6) is 0.511. The van der Waals surface area contributed by atoms with Gasteiger partial charge in [0.15, 0.2) is 11.5 Å². The van der Waals surface area contributed by atoms with Gasteiger partial charge in [0.25, 0.3) is 0 Å². The van der Waals surface area contributed by atoms with E-state index in [2.05, 4.69) is 19.9 Å². The molecule has 1 aromatic carbocycles. The van der Waals surface area contributed by atoms with Gasteiger partial charge >= 0.3 is 5.69 Å². The Morgan fingerprint density at radius 1 is 1.04 bits per heavy atom. The van der Waals surface area contributed by atoms with Crippen LogP contribution in [0.25, 0.3) is 34.0 Å². The summed E-state index contributed by atoms with van der Waals surface area (Å²) >= 11 is 0. The third-order valence-corrected chi connectivity index (χ3v) is 4.33. The second-order valence-corrected chi connectivity index (χ2v) is 6.11. The highest BCUT2D eigenvalue weighted by Gasteiger charge is 2.14. The van der Waals surface area contributed by atoms with Crippen molar-refractivity contribution in [3.8, 4) is 17.2 Å². The molecule has 0 aliphatic carbocycles. The van der Waals surface area contributed by atoms with Crippen molar-refractivity contribution >= 4 is 16.8 Å². The third-order valence-electron chi connectivity index (χ3n) is 4.33. The minimum atomic E-state index is -0.241. The van der Waals surface area contributed by atoms with E-state index in [1.807, 2.05) is 60.0 Å². The van der Waals surface area contributed by atoms with Crippen LogP contribution in [0.5, 0.6) is 0 Å². The number of H-pyrrole nitrogens is 1. The number of hydrogen-bond donors (Lipinski definition) is 1. The molecule has 0 spiro atoms. The Morgan fingerprint density at radius 2 is 1.96 bits per heavy atom. The summed E-state index contributed by atoms with van der Waals surface area (Å²) in [6, 6.07) is 13.5. The molecule has 0 aliphatic heterocycles. The number of fused-ring (bicyclic) bond motifs is 2. The molecule has 0 atom stereocenters. The number of benzene rings is 1. The first-order valence-electron chi connectivity index (χ1n) is 8.18. The molecule has 7 heteroatoms. The van der Waals surface area contributed by atoms with Crippen LogP contribution in [0, 0.1) is 6.92 Å². The molecule has 7 nitrogen and oxygen atoms in total. The first-order chi connectivity index (χ1) is 12.7. The van der Waals surface area contributed by atoms with Gasteiger partial charge in [0.1, 0.15) is 16.9 Å². The van der Waals surface area contributed by atoms with Crippen molar-refractivity contribution in [1.82, 2.24) is 28.9 Å². The van der Waals surface area contributed by atoms with Crippen molar-refractivity contribution in [2.75, 3.05) is 0 Å². The van der Waals surface area contributed by atoms with Gasteiger partial charge in [0.2, 0.25) is 0 Å². The topological polar surface area (TPSA) is 80.9 Å². The highest BCUT2D eigenvalue weighted by Crippen LogP contribution is 2.20. The minimum Gasteiger partial charge on any atom is -0.303 e. The summed E-state index contributed by atoms with van der Waals surface area (Å²) in [4.78, 5) is 28.7. The van der Waals surface area contributed by atoms with E-state index < -0.39 is 0 Å². The van der Waals surface area contributed by atoms with Crippen molar-refractivity contribution in [1.29, 1.82) is 0 Å². The molecule has 126 valence electrons. The van der Waals surface area contributed by atoms with Crippen LogP contribution in [-0.4, -0.2) is 28.9 Å². The van der Waals surface area contributed by atoms with Gasteiger partial charge < -0.3 is 4.98 Å². The Hall–Kier alpha value is -3.74. The fraction of sp³-hybridized carbons (Fsp3) is 0.0526. The first-order valence-corrected chi connectivity index (χ1v) is 8.18. The second kappa shape index (κ2) is 5.38. The molecule has 26 heavy (non-hydrogen) atoms. The number of aromatic nitrogens is 6. The number of aromatic amines is 1. The monoisotopic (exact) mass is 342 g/mol. The van der Waals surface area contributed by atoms with Crippen LogP contribution in [0.3, 0.4) is 0 Å². The summed E-state index contributed by atoms with van der Waals surface area (Å²) in [5.41, 5.74) is 4.31. The van der Waals surface area contributed by atoms with E-state index in [0.29, 0.717) is 17.0 Å². The number of hydrogen-bond acceptors (Lipinski definition) is 4. The second-order valence-electron chi connectivity index (χ2n) is 6.11. The Balaban J connectivity index is 1.77. The largest absolute Gasteiger partial charge is 0.332 e. The maximum Gasteiger partial charge on any atom is 0.332 e. The summed E-state index contributed by atoms with van der Waals surface area (Å²) in [7, 11) is 0. The number of aryl methyl sites for hydroxylation is 1. The predicted molar refractivity (Wildman–Crippen MR) is 98.4 cm³/mol. The molecular weight excluding hydrogens is 328 g/mol. The zero-order valence-corrected chi connectivity index (χ0v) is 13.9. The quantitative estimate of drug-likeness (QED) is 0.535. The summed E-state index contributed by atoms with van der Waals surface area (Å²) in [6.45, 7) is 1.99. The van der Waals surface area contributed by atoms with Gasteiger partial charge in [0, 0.05) is 6.20 Å². The Kier molecular flexibility index (Phi) is 3.02. The van der Waals surface area contributed by atoms with Crippen molar-refractivity contribution < 1.29 is 0 Å². The lowest BCUT2D eigenvalue weighted by Crippen LogP contribution is -2.15. The number of rotatable bonds is 2. The maximum absolute atomic E-state index is 12.5. The molecule has 1 N–H and O–H groups in total. The number of nitrogens with zero attached hydrogens (tertiary/aromatic N) is 5. The fourth-order valence-electron chi connectivity index (χ4n) is 3.13. The lowest BCUT2D eigenvalue weighted by Gasteiger charge is -2.05. The van der Waals surface area contributed by atoms with E-state index in [9.17, 15) is 4.79 Å². The molecule has 0 amide bonds. The molecule has 0 saturated carbocycles. The van der Waals surface area contributed by atoms with Crippen molar-refractivity contribution in [3.63, 3.8) is 0 Å². The van der Waals surface area contributed by atoms with Gasteiger partial charge in [-0.25, -0.2) is 24.3 Å². The van der Waals surface area contributed by atoms with Crippen LogP contribution in [0.15, 0.2) is 65.8 Å². The molecule has 4 heterocycles. The van der Waals surface area contributed by atoms with Crippen LogP contribution in [0.1, 0.15) is 5.56 Å². The molecule has 0 aliphatic rings. The molecule has 5 aromatic rings. The maximum atomic E-state index is 12.5. The molecule has 5 rings (SSSR count). The highest BCUT2D eigenvalue weighted by atomic mass is 16.1. The van der Waals surface area contributed by atoms with E-state index in [1.165, 1.54) is 0 Å². The van der Waals surface area contributed by atoms with E-state index in [-0.39, 0.29) is 5.69 Å². The fourth-order valence-corrected chi connectivity index (χ4v) is 3.13. The molecule has 0 radical (unpaired) electrons. The normalized spacial score (nSPS) is 11.4. The Morgan fingerprint density at radius 3 is 2.85 bits per heavy atom. The Bertz CT molecular complexity index is 1330. The smallest absolute Gasteiger partial charge is 0.303 e. The first kappa shape index (κ1) is 14.6. The van der Waals surface area contributed by atoms with Gasteiger partial charge in [-0.15, -0.1) is 0 Å². The number of imidazole rings is 2. The van der Waals surface area contributed by atoms with Gasteiger partial charge in [0.05, 0.1) is 18.1 Å².